The molecule has 7 nitrogen and oxygen atoms in total. The molecule has 34 heavy (non-hydrogen) atoms. The van der Waals surface area contributed by atoms with Crippen molar-refractivity contribution in [1.29, 1.82) is 0 Å². The number of aliphatic hydroxyl groups excluding tert-OH is 1. The van der Waals surface area contributed by atoms with E-state index >= 15 is 0 Å². The van der Waals surface area contributed by atoms with Gasteiger partial charge < -0.3 is 19.5 Å². The van der Waals surface area contributed by atoms with Crippen LogP contribution in [0.3, 0.4) is 0 Å². The number of ether oxygens (including phenoxy) is 2. The molecule has 0 bridgehead atoms. The first kappa shape index (κ1) is 24.0. The fraction of sp³-hybridized carbons (Fsp3) is 0.407. The summed E-state index contributed by atoms with van der Waals surface area (Å²) < 4.78 is 11.1. The molecular weight excluding hydrogens is 432 g/mol. The molecule has 2 aliphatic rings. The van der Waals surface area contributed by atoms with Crippen molar-refractivity contribution >= 4 is 17.4 Å². The second-order valence-electron chi connectivity index (χ2n) is 8.59. The molecular formula is C27H32N2O5. The molecule has 0 saturated carbocycles. The maximum absolute atomic E-state index is 13.2. The second kappa shape index (κ2) is 11.3. The van der Waals surface area contributed by atoms with Gasteiger partial charge >= 0.3 is 0 Å². The number of likely N-dealkylation sites (tertiary alicyclic amines) is 1. The van der Waals surface area contributed by atoms with Gasteiger partial charge in [0.25, 0.3) is 11.7 Å². The number of nitrogens with zero attached hydrogens (tertiary/aromatic N) is 2. The zero-order chi connectivity index (χ0) is 23.9. The summed E-state index contributed by atoms with van der Waals surface area (Å²) in [6.45, 7) is 7.01. The van der Waals surface area contributed by atoms with Crippen molar-refractivity contribution in [3.8, 4) is 5.75 Å². The number of amides is 1. The first-order valence-corrected chi connectivity index (χ1v) is 12.0. The van der Waals surface area contributed by atoms with E-state index in [0.717, 1.165) is 51.3 Å². The second-order valence-corrected chi connectivity index (χ2v) is 8.59. The Balaban J connectivity index is 1.64. The number of morpholine rings is 1. The van der Waals surface area contributed by atoms with Gasteiger partial charge in [-0.1, -0.05) is 49.4 Å². The van der Waals surface area contributed by atoms with E-state index in [2.05, 4.69) is 4.90 Å². The van der Waals surface area contributed by atoms with Gasteiger partial charge in [0, 0.05) is 31.7 Å². The molecule has 0 aromatic heterocycles. The molecule has 2 aromatic carbocycles. The van der Waals surface area contributed by atoms with Crippen LogP contribution in [0, 0.1) is 0 Å². The number of carbonyl (C=O) groups excluding carboxylic acids is 2. The van der Waals surface area contributed by atoms with E-state index in [1.807, 2.05) is 43.3 Å². The minimum Gasteiger partial charge on any atom is -0.507 e. The molecule has 0 aliphatic carbocycles. The predicted molar refractivity (Wildman–Crippen MR) is 130 cm³/mol. The van der Waals surface area contributed by atoms with Crippen molar-refractivity contribution in [1.82, 2.24) is 9.80 Å². The minimum absolute atomic E-state index is 0.121. The van der Waals surface area contributed by atoms with E-state index in [1.54, 1.807) is 23.1 Å². The van der Waals surface area contributed by atoms with Gasteiger partial charge in [0.15, 0.2) is 0 Å². The highest BCUT2D eigenvalue weighted by Gasteiger charge is 2.45. The van der Waals surface area contributed by atoms with Gasteiger partial charge in [-0.25, -0.2) is 0 Å². The number of carbonyl (C=O) groups is 2. The van der Waals surface area contributed by atoms with Gasteiger partial charge in [0.1, 0.15) is 11.5 Å². The third-order valence-electron chi connectivity index (χ3n) is 6.21. The van der Waals surface area contributed by atoms with E-state index < -0.39 is 17.7 Å². The molecule has 0 radical (unpaired) electrons. The van der Waals surface area contributed by atoms with Crippen molar-refractivity contribution in [2.45, 2.75) is 25.8 Å². The zero-order valence-electron chi connectivity index (χ0n) is 19.6. The molecule has 0 spiro atoms. The number of hydrogen-bond acceptors (Lipinski definition) is 6. The monoisotopic (exact) mass is 464 g/mol. The maximum atomic E-state index is 13.2. The van der Waals surface area contributed by atoms with E-state index in [-0.39, 0.29) is 11.3 Å². The lowest BCUT2D eigenvalue weighted by atomic mass is 9.95. The van der Waals surface area contributed by atoms with Gasteiger partial charge in [-0.05, 0) is 30.5 Å². The highest BCUT2D eigenvalue weighted by molar-refractivity contribution is 6.46. The summed E-state index contributed by atoms with van der Waals surface area (Å²) in [6, 6.07) is 15.8. The number of rotatable bonds is 9. The summed E-state index contributed by atoms with van der Waals surface area (Å²) in [4.78, 5) is 30.2. The molecule has 1 amide bonds. The van der Waals surface area contributed by atoms with Crippen molar-refractivity contribution in [3.05, 3.63) is 71.3 Å². The first-order chi connectivity index (χ1) is 16.6. The molecule has 1 unspecified atom stereocenters. The topological polar surface area (TPSA) is 79.3 Å². The van der Waals surface area contributed by atoms with Crippen LogP contribution >= 0.6 is 0 Å². The fourth-order valence-corrected chi connectivity index (χ4v) is 4.49. The van der Waals surface area contributed by atoms with Crippen LogP contribution in [0.5, 0.6) is 5.75 Å². The number of aliphatic hydroxyl groups is 1. The number of benzene rings is 2. The van der Waals surface area contributed by atoms with Gasteiger partial charge in [0.2, 0.25) is 0 Å². The average Bonchev–Trinajstić information content (AvgIpc) is 3.13. The largest absolute Gasteiger partial charge is 0.507 e. The molecule has 2 aromatic rings. The molecule has 7 heteroatoms. The van der Waals surface area contributed by atoms with Crippen molar-refractivity contribution in [2.75, 3.05) is 46.0 Å². The van der Waals surface area contributed by atoms with Gasteiger partial charge in [-0.2, -0.15) is 0 Å². The molecule has 2 fully saturated rings. The summed E-state index contributed by atoms with van der Waals surface area (Å²) in [6.07, 6.45) is 1.59. The Bertz CT molecular complexity index is 1030. The summed E-state index contributed by atoms with van der Waals surface area (Å²) in [5.74, 6) is -0.792. The Hall–Kier alpha value is -3.16. The van der Waals surface area contributed by atoms with Crippen LogP contribution in [0.2, 0.25) is 0 Å². The fourth-order valence-electron chi connectivity index (χ4n) is 4.49. The van der Waals surface area contributed by atoms with Gasteiger partial charge in [0.05, 0.1) is 31.4 Å². The molecule has 2 aliphatic heterocycles. The van der Waals surface area contributed by atoms with Crippen LogP contribution in [0.1, 0.15) is 36.9 Å². The Morgan fingerprint density at radius 1 is 1.06 bits per heavy atom. The summed E-state index contributed by atoms with van der Waals surface area (Å²) >= 11 is 0. The van der Waals surface area contributed by atoms with E-state index in [4.69, 9.17) is 9.47 Å². The number of ketones is 1. The normalized spacial score (nSPS) is 20.6. The molecule has 4 rings (SSSR count). The highest BCUT2D eigenvalue weighted by atomic mass is 16.5. The van der Waals surface area contributed by atoms with E-state index in [9.17, 15) is 14.7 Å². The summed E-state index contributed by atoms with van der Waals surface area (Å²) in [5.41, 5.74) is 1.38. The molecule has 2 heterocycles. The first-order valence-electron chi connectivity index (χ1n) is 12.0. The third-order valence-corrected chi connectivity index (χ3v) is 6.21. The lowest BCUT2D eigenvalue weighted by Gasteiger charge is -2.29. The zero-order valence-corrected chi connectivity index (χ0v) is 19.6. The minimum atomic E-state index is -0.655. The quantitative estimate of drug-likeness (QED) is 0.347. The van der Waals surface area contributed by atoms with E-state index in [1.165, 1.54) is 0 Å². The van der Waals surface area contributed by atoms with Crippen molar-refractivity contribution in [3.63, 3.8) is 0 Å². The summed E-state index contributed by atoms with van der Waals surface area (Å²) in [5, 5.41) is 11.2. The average molecular weight is 465 g/mol. The third kappa shape index (κ3) is 5.32. The smallest absolute Gasteiger partial charge is 0.295 e. The lowest BCUT2D eigenvalue weighted by molar-refractivity contribution is -0.140. The van der Waals surface area contributed by atoms with Gasteiger partial charge in [-0.3, -0.25) is 14.5 Å². The Morgan fingerprint density at radius 3 is 2.56 bits per heavy atom. The lowest BCUT2D eigenvalue weighted by Crippen LogP contribution is -2.38. The van der Waals surface area contributed by atoms with Crippen LogP contribution in [-0.2, 0) is 14.3 Å². The van der Waals surface area contributed by atoms with Crippen LogP contribution in [0.4, 0.5) is 0 Å². The molecule has 1 atom stereocenters. The Labute approximate surface area is 200 Å². The standard InChI is InChI=1S/C27H32N2O5/c1-2-16-34-22-11-6-10-21(19-22)25(30)23-24(20-8-4-3-5-9-20)29(27(32)26(23)31)13-7-12-28-14-17-33-18-15-28/h3-6,8-11,19,24,30H,2,7,12-18H2,1H3/b25-23+. The molecule has 2 saturated heterocycles. The Kier molecular flexibility index (Phi) is 7.98. The van der Waals surface area contributed by atoms with Crippen LogP contribution < -0.4 is 4.74 Å². The highest BCUT2D eigenvalue weighted by Crippen LogP contribution is 2.39. The number of Topliss-reactive ketones (excluding diaryl/α,β-unsaturated/α-hetero) is 1. The molecule has 1 N–H and O–H groups in total. The predicted octanol–water partition coefficient (Wildman–Crippen LogP) is 3.62. The van der Waals surface area contributed by atoms with Crippen LogP contribution in [0.15, 0.2) is 60.2 Å². The van der Waals surface area contributed by atoms with Gasteiger partial charge in [-0.15, -0.1) is 0 Å². The number of hydrogen-bond donors (Lipinski definition) is 1. The van der Waals surface area contributed by atoms with Crippen LogP contribution in [-0.4, -0.2) is 72.6 Å². The maximum Gasteiger partial charge on any atom is 0.295 e. The SMILES string of the molecule is CCCOc1cccc(/C(O)=C2\C(=O)C(=O)N(CCCN3CCOCC3)C2c2ccccc2)c1. The van der Waals surface area contributed by atoms with E-state index in [0.29, 0.717) is 24.5 Å². The molecule has 180 valence electrons. The van der Waals surface area contributed by atoms with Crippen molar-refractivity contribution < 1.29 is 24.2 Å². The van der Waals surface area contributed by atoms with Crippen LogP contribution in [0.25, 0.3) is 5.76 Å². The van der Waals surface area contributed by atoms with Crippen molar-refractivity contribution in [2.24, 2.45) is 0 Å². The summed E-state index contributed by atoms with van der Waals surface area (Å²) in [7, 11) is 0. The Morgan fingerprint density at radius 2 is 1.82 bits per heavy atom.